The van der Waals surface area contributed by atoms with Gasteiger partial charge in [-0.2, -0.15) is 0 Å². The van der Waals surface area contributed by atoms with E-state index < -0.39 is 11.6 Å². The predicted octanol–water partition coefficient (Wildman–Crippen LogP) is 4.13. The van der Waals surface area contributed by atoms with Gasteiger partial charge in [0.25, 0.3) is 0 Å². The van der Waals surface area contributed by atoms with Crippen LogP contribution in [0.1, 0.15) is 15.9 Å². The van der Waals surface area contributed by atoms with Gasteiger partial charge in [-0.15, -0.1) is 0 Å². The Morgan fingerprint density at radius 2 is 2.00 bits per heavy atom. The molecule has 21 heavy (non-hydrogen) atoms. The first-order valence-corrected chi connectivity index (χ1v) is 6.74. The Morgan fingerprint density at radius 1 is 1.24 bits per heavy atom. The molecule has 0 saturated carbocycles. The number of carbonyl (C=O) groups is 1. The Kier molecular flexibility index (Phi) is 4.90. The minimum absolute atomic E-state index is 0.0218. The number of benzene rings is 2. The summed E-state index contributed by atoms with van der Waals surface area (Å²) in [5.41, 5.74) is 1.03. The number of methoxy groups -OCH3 is 1. The molecule has 0 aromatic heterocycles. The van der Waals surface area contributed by atoms with Crippen LogP contribution in [0.2, 0.25) is 0 Å². The van der Waals surface area contributed by atoms with Crippen molar-refractivity contribution in [2.24, 2.45) is 0 Å². The molecular weight excluding hydrogens is 346 g/mol. The molecule has 0 N–H and O–H groups in total. The van der Waals surface area contributed by atoms with Gasteiger partial charge in [-0.05, 0) is 40.2 Å². The number of ether oxygens (including phenoxy) is 2. The zero-order chi connectivity index (χ0) is 15.4. The van der Waals surface area contributed by atoms with Crippen molar-refractivity contribution in [3.05, 3.63) is 57.6 Å². The zero-order valence-electron chi connectivity index (χ0n) is 11.0. The number of carbonyl (C=O) groups excluding carboxylic acids is 1. The highest BCUT2D eigenvalue weighted by Gasteiger charge is 2.13. The average Bonchev–Trinajstić information content (AvgIpc) is 2.45. The molecule has 0 heterocycles. The molecule has 2 aromatic carbocycles. The van der Waals surface area contributed by atoms with Crippen molar-refractivity contribution in [3.63, 3.8) is 0 Å². The van der Waals surface area contributed by atoms with Crippen molar-refractivity contribution in [1.82, 2.24) is 0 Å². The van der Waals surface area contributed by atoms with Crippen LogP contribution in [-0.2, 0) is 6.61 Å². The largest absolute Gasteiger partial charge is 0.496 e. The number of rotatable bonds is 5. The zero-order valence-corrected chi connectivity index (χ0v) is 12.6. The van der Waals surface area contributed by atoms with Crippen LogP contribution >= 0.6 is 15.9 Å². The molecule has 0 aliphatic heterocycles. The van der Waals surface area contributed by atoms with E-state index in [1.165, 1.54) is 7.11 Å². The molecule has 3 nitrogen and oxygen atoms in total. The summed E-state index contributed by atoms with van der Waals surface area (Å²) in [5, 5.41) is 0. The Balaban J connectivity index is 2.26. The fourth-order valence-corrected chi connectivity index (χ4v) is 2.32. The van der Waals surface area contributed by atoms with E-state index in [0.717, 1.165) is 12.1 Å². The molecule has 0 amide bonds. The highest BCUT2D eigenvalue weighted by atomic mass is 79.9. The third kappa shape index (κ3) is 3.58. The summed E-state index contributed by atoms with van der Waals surface area (Å²) in [6.07, 6.45) is 0.692. The minimum Gasteiger partial charge on any atom is -0.496 e. The Bertz CT molecular complexity index is 651. The Morgan fingerprint density at radius 3 is 2.62 bits per heavy atom. The van der Waals surface area contributed by atoms with Crippen LogP contribution in [0.5, 0.6) is 11.5 Å². The second-order valence-electron chi connectivity index (χ2n) is 4.18. The first-order chi connectivity index (χ1) is 10.0. The summed E-state index contributed by atoms with van der Waals surface area (Å²) >= 11 is 3.04. The Hall–Kier alpha value is -1.95. The van der Waals surface area contributed by atoms with Crippen molar-refractivity contribution in [2.75, 3.05) is 7.11 Å². The monoisotopic (exact) mass is 356 g/mol. The Labute approximate surface area is 128 Å². The summed E-state index contributed by atoms with van der Waals surface area (Å²) < 4.78 is 37.4. The summed E-state index contributed by atoms with van der Waals surface area (Å²) in [7, 11) is 1.48. The molecule has 110 valence electrons. The van der Waals surface area contributed by atoms with Crippen LogP contribution in [0, 0.1) is 11.6 Å². The molecule has 0 saturated heterocycles. The highest BCUT2D eigenvalue weighted by molar-refractivity contribution is 9.10. The van der Waals surface area contributed by atoms with E-state index in [2.05, 4.69) is 15.9 Å². The van der Waals surface area contributed by atoms with Crippen molar-refractivity contribution >= 4 is 22.2 Å². The summed E-state index contributed by atoms with van der Waals surface area (Å²) in [6, 6.07) is 6.65. The van der Waals surface area contributed by atoms with E-state index in [9.17, 15) is 13.6 Å². The fraction of sp³-hybridized carbons (Fsp3) is 0.133. The van der Waals surface area contributed by atoms with E-state index in [0.29, 0.717) is 23.2 Å². The summed E-state index contributed by atoms with van der Waals surface area (Å²) in [6.45, 7) is -0.0218. The summed E-state index contributed by atoms with van der Waals surface area (Å²) in [5.74, 6) is -1.10. The first-order valence-electron chi connectivity index (χ1n) is 5.94. The molecule has 0 fully saturated rings. The van der Waals surface area contributed by atoms with Crippen LogP contribution in [0.25, 0.3) is 0 Å². The molecule has 2 rings (SSSR count). The van der Waals surface area contributed by atoms with Crippen LogP contribution in [0.3, 0.4) is 0 Å². The SMILES string of the molecule is COc1ccc(C=O)cc1COc1c(F)cc(F)cc1Br. The van der Waals surface area contributed by atoms with Gasteiger partial charge in [0.15, 0.2) is 11.6 Å². The van der Waals surface area contributed by atoms with Crippen LogP contribution in [-0.4, -0.2) is 13.4 Å². The average molecular weight is 357 g/mol. The number of halogens is 3. The van der Waals surface area contributed by atoms with Crippen molar-refractivity contribution < 1.29 is 23.0 Å². The van der Waals surface area contributed by atoms with Gasteiger partial charge in [-0.25, -0.2) is 8.78 Å². The second-order valence-corrected chi connectivity index (χ2v) is 5.03. The van der Waals surface area contributed by atoms with Crippen LogP contribution in [0.15, 0.2) is 34.8 Å². The maximum atomic E-state index is 13.7. The molecule has 0 aliphatic carbocycles. The number of aldehydes is 1. The van der Waals surface area contributed by atoms with Gasteiger partial charge in [0.05, 0.1) is 11.6 Å². The minimum atomic E-state index is -0.813. The molecule has 0 spiro atoms. The van der Waals surface area contributed by atoms with Gasteiger partial charge in [0, 0.05) is 17.2 Å². The molecule has 2 aromatic rings. The van der Waals surface area contributed by atoms with Crippen molar-refractivity contribution in [1.29, 1.82) is 0 Å². The van der Waals surface area contributed by atoms with Crippen LogP contribution in [0.4, 0.5) is 8.78 Å². The van der Waals surface area contributed by atoms with E-state index in [1.807, 2.05) is 0 Å². The number of hydrogen-bond acceptors (Lipinski definition) is 3. The molecule has 0 atom stereocenters. The second kappa shape index (κ2) is 6.67. The molecule has 0 aliphatic rings. The van der Waals surface area contributed by atoms with Gasteiger partial charge >= 0.3 is 0 Å². The third-order valence-electron chi connectivity index (χ3n) is 2.78. The van der Waals surface area contributed by atoms with Gasteiger partial charge < -0.3 is 9.47 Å². The molecule has 0 unspecified atom stereocenters. The highest BCUT2D eigenvalue weighted by Crippen LogP contribution is 2.31. The fourth-order valence-electron chi connectivity index (χ4n) is 1.80. The molecule has 0 bridgehead atoms. The van der Waals surface area contributed by atoms with Crippen LogP contribution < -0.4 is 9.47 Å². The third-order valence-corrected chi connectivity index (χ3v) is 3.36. The summed E-state index contributed by atoms with van der Waals surface area (Å²) in [4.78, 5) is 10.8. The maximum Gasteiger partial charge on any atom is 0.169 e. The van der Waals surface area contributed by atoms with E-state index in [-0.39, 0.29) is 16.8 Å². The molecule has 0 radical (unpaired) electrons. The lowest BCUT2D eigenvalue weighted by atomic mass is 10.1. The van der Waals surface area contributed by atoms with Gasteiger partial charge in [-0.1, -0.05) is 0 Å². The van der Waals surface area contributed by atoms with E-state index in [1.54, 1.807) is 18.2 Å². The van der Waals surface area contributed by atoms with Crippen molar-refractivity contribution in [2.45, 2.75) is 6.61 Å². The predicted molar refractivity (Wildman–Crippen MR) is 76.8 cm³/mol. The quantitative estimate of drug-likeness (QED) is 0.755. The van der Waals surface area contributed by atoms with E-state index in [4.69, 9.17) is 9.47 Å². The van der Waals surface area contributed by atoms with E-state index >= 15 is 0 Å². The normalized spacial score (nSPS) is 10.3. The lowest BCUT2D eigenvalue weighted by molar-refractivity contribution is 0.112. The topological polar surface area (TPSA) is 35.5 Å². The van der Waals surface area contributed by atoms with Gasteiger partial charge in [0.2, 0.25) is 0 Å². The molecule has 6 heteroatoms. The van der Waals surface area contributed by atoms with Crippen molar-refractivity contribution in [3.8, 4) is 11.5 Å². The lowest BCUT2D eigenvalue weighted by Crippen LogP contribution is -2.02. The lowest BCUT2D eigenvalue weighted by Gasteiger charge is -2.12. The van der Waals surface area contributed by atoms with Gasteiger partial charge in [-0.3, -0.25) is 4.79 Å². The first kappa shape index (κ1) is 15.4. The smallest absolute Gasteiger partial charge is 0.169 e. The maximum absolute atomic E-state index is 13.7. The number of hydrogen-bond donors (Lipinski definition) is 0. The molecular formula is C15H11BrF2O3. The van der Waals surface area contributed by atoms with Gasteiger partial charge in [0.1, 0.15) is 24.5 Å². The standard InChI is InChI=1S/C15H11BrF2O3/c1-20-14-3-2-9(7-19)4-10(14)8-21-15-12(16)5-11(17)6-13(15)18/h2-7H,8H2,1H3.